The molecule has 4 aromatic rings. The van der Waals surface area contributed by atoms with E-state index < -0.39 is 0 Å². The van der Waals surface area contributed by atoms with Gasteiger partial charge in [0.1, 0.15) is 23.6 Å². The minimum absolute atomic E-state index is 0.270. The van der Waals surface area contributed by atoms with Crippen LogP contribution in [0.1, 0.15) is 28.8 Å². The smallest absolute Gasteiger partial charge is 0.227 e. The molecule has 0 aliphatic carbocycles. The number of ether oxygens (including phenoxy) is 2. The SMILES string of the molecule is COc1ccc([C@H]2C3=C(Nc4nc(SC)nn42)c2cc(Cl)ccc2O[C@@H]3c2ccc(Cl)cc2)cc1. The van der Waals surface area contributed by atoms with Crippen molar-refractivity contribution in [2.45, 2.75) is 17.3 Å². The highest BCUT2D eigenvalue weighted by Gasteiger charge is 2.41. The van der Waals surface area contributed by atoms with Crippen LogP contribution >= 0.6 is 35.0 Å². The van der Waals surface area contributed by atoms with Crippen LogP contribution in [0.3, 0.4) is 0 Å². The Hall–Kier alpha value is -3.13. The Bertz CT molecular complexity index is 1450. The third-order valence-corrected chi connectivity index (χ3v) is 7.23. The maximum absolute atomic E-state index is 6.64. The first-order valence-electron chi connectivity index (χ1n) is 10.9. The first kappa shape index (κ1) is 22.3. The van der Waals surface area contributed by atoms with Gasteiger partial charge < -0.3 is 14.8 Å². The Morgan fingerprint density at radius 3 is 2.40 bits per heavy atom. The zero-order chi connectivity index (χ0) is 24.1. The van der Waals surface area contributed by atoms with Gasteiger partial charge >= 0.3 is 0 Å². The summed E-state index contributed by atoms with van der Waals surface area (Å²) in [6.07, 6.45) is 1.58. The van der Waals surface area contributed by atoms with Gasteiger partial charge in [-0.25, -0.2) is 4.68 Å². The van der Waals surface area contributed by atoms with E-state index in [2.05, 4.69) is 17.4 Å². The normalized spacial score (nSPS) is 18.2. The summed E-state index contributed by atoms with van der Waals surface area (Å²) in [6.45, 7) is 0. The van der Waals surface area contributed by atoms with Gasteiger partial charge in [-0.05, 0) is 59.8 Å². The lowest BCUT2D eigenvalue weighted by Crippen LogP contribution is -2.32. The van der Waals surface area contributed by atoms with Gasteiger partial charge in [-0.15, -0.1) is 5.10 Å². The van der Waals surface area contributed by atoms with E-state index in [1.165, 1.54) is 11.8 Å². The average Bonchev–Trinajstić information content (AvgIpc) is 3.31. The van der Waals surface area contributed by atoms with Crippen LogP contribution in [0.15, 0.2) is 77.5 Å². The summed E-state index contributed by atoms with van der Waals surface area (Å²) in [7, 11) is 1.66. The van der Waals surface area contributed by atoms with Crippen molar-refractivity contribution in [3.8, 4) is 11.5 Å². The molecule has 1 N–H and O–H groups in total. The second-order valence-electron chi connectivity index (χ2n) is 8.19. The van der Waals surface area contributed by atoms with Crippen LogP contribution in [-0.4, -0.2) is 28.1 Å². The van der Waals surface area contributed by atoms with Gasteiger partial charge in [0.2, 0.25) is 11.1 Å². The molecule has 35 heavy (non-hydrogen) atoms. The molecule has 2 atom stereocenters. The molecule has 3 aromatic carbocycles. The van der Waals surface area contributed by atoms with Crippen LogP contribution < -0.4 is 14.8 Å². The number of halogens is 2. The number of benzene rings is 3. The molecule has 0 radical (unpaired) electrons. The topological polar surface area (TPSA) is 61.2 Å². The van der Waals surface area contributed by atoms with Crippen molar-refractivity contribution in [3.63, 3.8) is 0 Å². The lowest BCUT2D eigenvalue weighted by atomic mass is 9.84. The summed E-state index contributed by atoms with van der Waals surface area (Å²) in [6, 6.07) is 21.1. The van der Waals surface area contributed by atoms with Gasteiger partial charge in [0, 0.05) is 21.2 Å². The number of fused-ring (bicyclic) bond motifs is 3. The molecule has 2 aliphatic heterocycles. The Balaban J connectivity index is 1.62. The zero-order valence-electron chi connectivity index (χ0n) is 18.8. The molecule has 3 heterocycles. The van der Waals surface area contributed by atoms with Gasteiger partial charge in [-0.1, -0.05) is 59.2 Å². The first-order chi connectivity index (χ1) is 17.1. The molecule has 1 aromatic heterocycles. The summed E-state index contributed by atoms with van der Waals surface area (Å²) in [5.41, 5.74) is 4.83. The molecule has 0 amide bonds. The molecule has 0 bridgehead atoms. The van der Waals surface area contributed by atoms with Crippen molar-refractivity contribution in [2.24, 2.45) is 0 Å². The largest absolute Gasteiger partial charge is 0.497 e. The second-order valence-corrected chi connectivity index (χ2v) is 9.83. The summed E-state index contributed by atoms with van der Waals surface area (Å²) in [5.74, 6) is 2.19. The summed E-state index contributed by atoms with van der Waals surface area (Å²) in [4.78, 5) is 4.73. The fourth-order valence-corrected chi connectivity index (χ4v) is 5.23. The highest BCUT2D eigenvalue weighted by Crippen LogP contribution is 2.51. The van der Waals surface area contributed by atoms with E-state index in [-0.39, 0.29) is 12.1 Å². The number of nitrogens with one attached hydrogen (secondary N) is 1. The zero-order valence-corrected chi connectivity index (χ0v) is 21.2. The molecule has 176 valence electrons. The number of aromatic nitrogens is 3. The standard InChI is InChI=1S/C26H20Cl2N4O2S/c1-33-18-10-5-14(6-11-18)23-21-22(29-25-30-26(35-2)31-32(23)25)19-13-17(28)9-12-20(19)34-24(21)15-3-7-16(27)8-4-15/h3-13,23-24H,1-2H3,(H,29,30,31)/t23-,24+/m0/s1. The number of nitrogens with zero attached hydrogens (tertiary/aromatic N) is 3. The second kappa shape index (κ2) is 8.82. The highest BCUT2D eigenvalue weighted by atomic mass is 35.5. The number of hydrogen-bond donors (Lipinski definition) is 1. The molecule has 0 saturated carbocycles. The van der Waals surface area contributed by atoms with Crippen molar-refractivity contribution >= 4 is 46.6 Å². The average molecular weight is 523 g/mol. The molecule has 9 heteroatoms. The Kier molecular flexibility index (Phi) is 5.63. The monoisotopic (exact) mass is 522 g/mol. The van der Waals surface area contributed by atoms with Crippen LogP contribution in [0.4, 0.5) is 5.95 Å². The minimum Gasteiger partial charge on any atom is -0.497 e. The highest BCUT2D eigenvalue weighted by molar-refractivity contribution is 7.98. The predicted molar refractivity (Wildman–Crippen MR) is 140 cm³/mol. The molecular weight excluding hydrogens is 503 g/mol. The Labute approximate surface area is 216 Å². The van der Waals surface area contributed by atoms with Crippen LogP contribution in [0.2, 0.25) is 10.0 Å². The summed E-state index contributed by atoms with van der Waals surface area (Å²) < 4.78 is 14.0. The van der Waals surface area contributed by atoms with E-state index in [0.717, 1.165) is 39.5 Å². The summed E-state index contributed by atoms with van der Waals surface area (Å²) in [5, 5.41) is 10.3. The third-order valence-electron chi connectivity index (χ3n) is 6.20. The van der Waals surface area contributed by atoms with Gasteiger partial charge in [0.15, 0.2) is 0 Å². The van der Waals surface area contributed by atoms with Gasteiger partial charge in [-0.3, -0.25) is 0 Å². The fourth-order valence-electron chi connectivity index (χ4n) is 4.59. The minimum atomic E-state index is -0.384. The molecule has 2 aliphatic rings. The van der Waals surface area contributed by atoms with E-state index in [1.807, 2.05) is 65.5 Å². The van der Waals surface area contributed by atoms with Crippen LogP contribution in [0.5, 0.6) is 11.5 Å². The lowest BCUT2D eigenvalue weighted by molar-refractivity contribution is 0.223. The molecule has 6 rings (SSSR count). The molecule has 0 fully saturated rings. The van der Waals surface area contributed by atoms with Crippen molar-refractivity contribution in [1.29, 1.82) is 0 Å². The van der Waals surface area contributed by atoms with E-state index in [1.54, 1.807) is 7.11 Å². The van der Waals surface area contributed by atoms with Gasteiger partial charge in [-0.2, -0.15) is 4.98 Å². The summed E-state index contributed by atoms with van der Waals surface area (Å²) >= 11 is 14.1. The molecule has 0 unspecified atom stereocenters. The number of hydrogen-bond acceptors (Lipinski definition) is 6. The van der Waals surface area contributed by atoms with Crippen LogP contribution in [-0.2, 0) is 0 Å². The van der Waals surface area contributed by atoms with Crippen molar-refractivity contribution in [3.05, 3.63) is 99.0 Å². The maximum Gasteiger partial charge on any atom is 0.227 e. The lowest BCUT2D eigenvalue weighted by Gasteiger charge is -2.39. The van der Waals surface area contributed by atoms with Crippen molar-refractivity contribution < 1.29 is 9.47 Å². The van der Waals surface area contributed by atoms with Crippen molar-refractivity contribution in [1.82, 2.24) is 14.8 Å². The molecule has 6 nitrogen and oxygen atoms in total. The molecule has 0 spiro atoms. The fraction of sp³-hybridized carbons (Fsp3) is 0.154. The van der Waals surface area contributed by atoms with Crippen molar-refractivity contribution in [2.75, 3.05) is 18.7 Å². The Morgan fingerprint density at radius 1 is 0.971 bits per heavy atom. The van der Waals surface area contributed by atoms with Crippen LogP contribution in [0.25, 0.3) is 5.70 Å². The molecular formula is C26H20Cl2N4O2S. The van der Waals surface area contributed by atoms with E-state index in [0.29, 0.717) is 21.2 Å². The first-order valence-corrected chi connectivity index (χ1v) is 12.9. The number of anilines is 1. The van der Waals surface area contributed by atoms with Gasteiger partial charge in [0.25, 0.3) is 0 Å². The van der Waals surface area contributed by atoms with Gasteiger partial charge in [0.05, 0.1) is 12.8 Å². The maximum atomic E-state index is 6.64. The van der Waals surface area contributed by atoms with E-state index >= 15 is 0 Å². The van der Waals surface area contributed by atoms with E-state index in [9.17, 15) is 0 Å². The van der Waals surface area contributed by atoms with E-state index in [4.69, 9.17) is 42.8 Å². The number of rotatable bonds is 4. The Morgan fingerprint density at radius 2 is 1.69 bits per heavy atom. The predicted octanol–water partition coefficient (Wildman–Crippen LogP) is 6.88. The molecule has 0 saturated heterocycles. The van der Waals surface area contributed by atoms with Crippen LogP contribution in [0, 0.1) is 0 Å². The number of thioether (sulfide) groups is 1. The third kappa shape index (κ3) is 3.84. The number of methoxy groups -OCH3 is 1. The quantitative estimate of drug-likeness (QED) is 0.295.